The van der Waals surface area contributed by atoms with Crippen LogP contribution in [0.15, 0.2) is 23.1 Å². The van der Waals surface area contributed by atoms with Crippen molar-refractivity contribution in [3.05, 3.63) is 23.8 Å². The fraction of sp³-hybridized carbons (Fsp3) is 0.417. The van der Waals surface area contributed by atoms with Gasteiger partial charge in [0.15, 0.2) is 9.84 Å². The lowest BCUT2D eigenvalue weighted by molar-refractivity contribution is 0.435. The molecule has 2 rings (SSSR count). The summed E-state index contributed by atoms with van der Waals surface area (Å²) in [5.41, 5.74) is 5.96. The molecule has 0 amide bonds. The van der Waals surface area contributed by atoms with Gasteiger partial charge in [-0.15, -0.1) is 0 Å². The third kappa shape index (κ3) is 3.34. The van der Waals surface area contributed by atoms with Crippen LogP contribution in [-0.4, -0.2) is 45.7 Å². The molecule has 0 saturated carbocycles. The fourth-order valence-corrected chi connectivity index (χ4v) is 5.11. The van der Waals surface area contributed by atoms with Crippen molar-refractivity contribution in [2.75, 3.05) is 30.3 Å². The van der Waals surface area contributed by atoms with Crippen molar-refractivity contribution in [1.82, 2.24) is 4.31 Å². The van der Waals surface area contributed by atoms with Crippen LogP contribution in [0.5, 0.6) is 0 Å². The summed E-state index contributed by atoms with van der Waals surface area (Å²) in [6, 6.07) is 5.83. The van der Waals surface area contributed by atoms with E-state index in [9.17, 15) is 16.8 Å². The lowest BCUT2D eigenvalue weighted by Gasteiger charge is -2.20. The second kappa shape index (κ2) is 5.63. The summed E-state index contributed by atoms with van der Waals surface area (Å²) in [5.74, 6) is -0.204. The Balaban J connectivity index is 2.36. The first-order chi connectivity index (χ1) is 9.76. The maximum absolute atomic E-state index is 12.5. The fourth-order valence-electron chi connectivity index (χ4n) is 2.15. The first kappa shape index (κ1) is 15.8. The van der Waals surface area contributed by atoms with Gasteiger partial charge < -0.3 is 5.73 Å². The molecule has 0 aliphatic carbocycles. The molecule has 1 aliphatic heterocycles. The van der Waals surface area contributed by atoms with E-state index in [0.717, 1.165) is 4.31 Å². The van der Waals surface area contributed by atoms with E-state index in [1.165, 1.54) is 18.2 Å². The zero-order valence-corrected chi connectivity index (χ0v) is 12.8. The van der Waals surface area contributed by atoms with E-state index >= 15 is 0 Å². The summed E-state index contributed by atoms with van der Waals surface area (Å²) in [5, 5.41) is 8.77. The van der Waals surface area contributed by atoms with Crippen molar-refractivity contribution in [2.24, 2.45) is 0 Å². The van der Waals surface area contributed by atoms with E-state index in [0.29, 0.717) is 0 Å². The largest absolute Gasteiger partial charge is 0.398 e. The number of nitriles is 1. The van der Waals surface area contributed by atoms with E-state index < -0.39 is 19.9 Å². The van der Waals surface area contributed by atoms with Crippen LogP contribution in [0.25, 0.3) is 0 Å². The molecule has 0 spiro atoms. The molecule has 0 unspecified atom stereocenters. The lowest BCUT2D eigenvalue weighted by atomic mass is 10.2. The second-order valence-corrected chi connectivity index (χ2v) is 8.98. The summed E-state index contributed by atoms with van der Waals surface area (Å²) < 4.78 is 49.3. The topological polar surface area (TPSA) is 121 Å². The molecule has 9 heteroatoms. The van der Waals surface area contributed by atoms with Crippen molar-refractivity contribution in [1.29, 1.82) is 5.26 Å². The van der Waals surface area contributed by atoms with Crippen molar-refractivity contribution in [3.8, 4) is 6.07 Å². The smallest absolute Gasteiger partial charge is 0.245 e. The second-order valence-electron chi connectivity index (χ2n) is 4.77. The monoisotopic (exact) mass is 329 g/mol. The van der Waals surface area contributed by atoms with Gasteiger partial charge in [0, 0.05) is 13.1 Å². The zero-order valence-electron chi connectivity index (χ0n) is 11.2. The Kier molecular flexibility index (Phi) is 4.22. The summed E-state index contributed by atoms with van der Waals surface area (Å²) in [7, 11) is -7.05. The van der Waals surface area contributed by atoms with Gasteiger partial charge in [-0.05, 0) is 24.6 Å². The summed E-state index contributed by atoms with van der Waals surface area (Å²) in [4.78, 5) is -0.0965. The predicted octanol–water partition coefficient (Wildman–Crippen LogP) is -0.0503. The van der Waals surface area contributed by atoms with Crippen molar-refractivity contribution in [3.63, 3.8) is 0 Å². The third-order valence-corrected chi connectivity index (χ3v) is 6.96. The van der Waals surface area contributed by atoms with Gasteiger partial charge in [0.1, 0.15) is 4.90 Å². The van der Waals surface area contributed by atoms with Crippen LogP contribution >= 0.6 is 0 Å². The number of nitrogens with two attached hydrogens (primary N) is 1. The van der Waals surface area contributed by atoms with Gasteiger partial charge in [-0.1, -0.05) is 0 Å². The van der Waals surface area contributed by atoms with Gasteiger partial charge in [-0.2, -0.15) is 9.57 Å². The Morgan fingerprint density at radius 3 is 2.57 bits per heavy atom. The number of sulfone groups is 1. The number of rotatable bonds is 2. The Hall–Kier alpha value is -1.63. The Morgan fingerprint density at radius 1 is 1.24 bits per heavy atom. The molecule has 1 aromatic rings. The Labute approximate surface area is 123 Å². The number of sulfonamides is 1. The average molecular weight is 329 g/mol. The SMILES string of the molecule is N#Cc1ccc(S(=O)(=O)N2CCCS(=O)(=O)CC2)c(N)c1. The van der Waals surface area contributed by atoms with Gasteiger partial charge in [-0.3, -0.25) is 0 Å². The van der Waals surface area contributed by atoms with Gasteiger partial charge >= 0.3 is 0 Å². The number of hydrogen-bond acceptors (Lipinski definition) is 6. The van der Waals surface area contributed by atoms with Crippen LogP contribution in [0.1, 0.15) is 12.0 Å². The highest BCUT2D eigenvalue weighted by Gasteiger charge is 2.30. The highest BCUT2D eigenvalue weighted by Crippen LogP contribution is 2.24. The number of anilines is 1. The lowest BCUT2D eigenvalue weighted by Crippen LogP contribution is -2.34. The minimum absolute atomic E-state index is 0.0120. The molecule has 0 bridgehead atoms. The molecule has 7 nitrogen and oxygen atoms in total. The van der Waals surface area contributed by atoms with Crippen molar-refractivity contribution < 1.29 is 16.8 Å². The van der Waals surface area contributed by atoms with E-state index in [-0.39, 0.29) is 47.2 Å². The standard InChI is InChI=1S/C12H15N3O4S2/c13-9-10-2-3-12(11(14)8-10)21(18,19)15-4-1-6-20(16,17)7-5-15/h2-3,8H,1,4-7,14H2. The van der Waals surface area contributed by atoms with Crippen LogP contribution in [-0.2, 0) is 19.9 Å². The zero-order chi connectivity index (χ0) is 15.7. The molecule has 114 valence electrons. The van der Waals surface area contributed by atoms with Crippen LogP contribution in [0.2, 0.25) is 0 Å². The number of benzene rings is 1. The highest BCUT2D eigenvalue weighted by atomic mass is 32.2. The van der Waals surface area contributed by atoms with Gasteiger partial charge in [0.2, 0.25) is 10.0 Å². The molecule has 0 aromatic heterocycles. The minimum atomic E-state index is -3.86. The summed E-state index contributed by atoms with van der Waals surface area (Å²) in [6.07, 6.45) is 0.262. The Bertz CT molecular complexity index is 794. The van der Waals surface area contributed by atoms with Crippen LogP contribution in [0.3, 0.4) is 0 Å². The third-order valence-electron chi connectivity index (χ3n) is 3.27. The number of nitrogens with zero attached hydrogens (tertiary/aromatic N) is 2. The first-order valence-electron chi connectivity index (χ1n) is 6.26. The molecule has 1 fully saturated rings. The maximum atomic E-state index is 12.5. The van der Waals surface area contributed by atoms with E-state index in [1.807, 2.05) is 6.07 Å². The van der Waals surface area contributed by atoms with Crippen LogP contribution in [0.4, 0.5) is 5.69 Å². The van der Waals surface area contributed by atoms with E-state index in [2.05, 4.69) is 0 Å². The molecule has 1 aromatic carbocycles. The van der Waals surface area contributed by atoms with Crippen LogP contribution in [0, 0.1) is 11.3 Å². The quantitative estimate of drug-likeness (QED) is 0.759. The van der Waals surface area contributed by atoms with Gasteiger partial charge in [-0.25, -0.2) is 16.8 Å². The van der Waals surface area contributed by atoms with Gasteiger partial charge in [0.25, 0.3) is 0 Å². The predicted molar refractivity (Wildman–Crippen MR) is 77.6 cm³/mol. The summed E-state index contributed by atoms with van der Waals surface area (Å²) >= 11 is 0. The minimum Gasteiger partial charge on any atom is -0.398 e. The maximum Gasteiger partial charge on any atom is 0.245 e. The normalized spacial score (nSPS) is 19.6. The van der Waals surface area contributed by atoms with Crippen molar-refractivity contribution in [2.45, 2.75) is 11.3 Å². The number of hydrogen-bond donors (Lipinski definition) is 1. The average Bonchev–Trinajstić information content (AvgIpc) is 2.59. The number of nitrogen functional groups attached to an aromatic ring is 1. The Morgan fingerprint density at radius 2 is 1.95 bits per heavy atom. The molecule has 0 atom stereocenters. The van der Waals surface area contributed by atoms with Gasteiger partial charge in [0.05, 0.1) is 28.8 Å². The molecule has 1 saturated heterocycles. The van der Waals surface area contributed by atoms with E-state index in [4.69, 9.17) is 11.0 Å². The highest BCUT2D eigenvalue weighted by molar-refractivity contribution is 7.91. The van der Waals surface area contributed by atoms with Crippen molar-refractivity contribution >= 4 is 25.5 Å². The first-order valence-corrected chi connectivity index (χ1v) is 9.52. The molecule has 21 heavy (non-hydrogen) atoms. The molecule has 2 N–H and O–H groups in total. The molecular formula is C12H15N3O4S2. The molecular weight excluding hydrogens is 314 g/mol. The summed E-state index contributed by atoms with van der Waals surface area (Å²) in [6.45, 7) is 0.0606. The molecule has 1 aliphatic rings. The molecule has 0 radical (unpaired) electrons. The van der Waals surface area contributed by atoms with E-state index in [1.54, 1.807) is 0 Å². The molecule has 1 heterocycles. The van der Waals surface area contributed by atoms with Crippen LogP contribution < -0.4 is 5.73 Å².